The average molecular weight is 410 g/mol. The van der Waals surface area contributed by atoms with E-state index in [1.807, 2.05) is 0 Å². The number of nitrogens with zero attached hydrogens (tertiary/aromatic N) is 6. The topological polar surface area (TPSA) is 173 Å². The first-order valence-corrected chi connectivity index (χ1v) is 9.15. The van der Waals surface area contributed by atoms with Crippen LogP contribution in [0.5, 0.6) is 0 Å². The second kappa shape index (κ2) is 7.83. The fourth-order valence-corrected chi connectivity index (χ4v) is 3.36. The van der Waals surface area contributed by atoms with Crippen molar-refractivity contribution in [3.8, 4) is 5.95 Å². The molecular weight excluding hydrogens is 392 g/mol. The molecule has 0 spiro atoms. The van der Waals surface area contributed by atoms with Gasteiger partial charge in [-0.05, 0) is 18.9 Å². The van der Waals surface area contributed by atoms with Crippen molar-refractivity contribution in [2.24, 2.45) is 11.7 Å². The monoisotopic (exact) mass is 410 g/mol. The van der Waals surface area contributed by atoms with Gasteiger partial charge in [0.15, 0.2) is 5.78 Å². The van der Waals surface area contributed by atoms with Crippen molar-refractivity contribution in [2.45, 2.75) is 19.0 Å². The van der Waals surface area contributed by atoms with Crippen LogP contribution in [0, 0.1) is 5.92 Å². The molecule has 4 N–H and O–H groups in total. The lowest BCUT2D eigenvalue weighted by atomic mass is 9.88. The molecule has 0 aliphatic carbocycles. The number of carboxylic acids is 1. The molecule has 3 aromatic rings. The van der Waals surface area contributed by atoms with E-state index in [0.717, 1.165) is 0 Å². The van der Waals surface area contributed by atoms with Gasteiger partial charge in [0.25, 0.3) is 5.56 Å². The van der Waals surface area contributed by atoms with Gasteiger partial charge in [-0.2, -0.15) is 5.10 Å². The summed E-state index contributed by atoms with van der Waals surface area (Å²) in [6, 6.07) is 1.69. The summed E-state index contributed by atoms with van der Waals surface area (Å²) in [5, 5.41) is 12.9. The number of aromatic amines is 1. The Morgan fingerprint density at radius 2 is 1.97 bits per heavy atom. The Labute approximate surface area is 169 Å². The lowest BCUT2D eigenvalue weighted by Gasteiger charge is -2.36. The number of carboxylic acid groups (broad SMARTS) is 1. The van der Waals surface area contributed by atoms with Gasteiger partial charge in [0.2, 0.25) is 11.9 Å². The van der Waals surface area contributed by atoms with Crippen molar-refractivity contribution < 1.29 is 14.7 Å². The number of nitrogens with two attached hydrogens (primary N) is 1. The van der Waals surface area contributed by atoms with E-state index >= 15 is 0 Å². The highest BCUT2D eigenvalue weighted by molar-refractivity contribution is 5.97. The molecule has 1 aliphatic rings. The van der Waals surface area contributed by atoms with Crippen molar-refractivity contribution in [2.75, 3.05) is 11.4 Å². The smallest absolute Gasteiger partial charge is 0.338 e. The maximum absolute atomic E-state index is 12.9. The summed E-state index contributed by atoms with van der Waals surface area (Å²) in [4.78, 5) is 52.7. The van der Waals surface area contributed by atoms with Gasteiger partial charge >= 0.3 is 5.97 Å². The highest BCUT2D eigenvalue weighted by atomic mass is 16.4. The Morgan fingerprint density at radius 3 is 2.57 bits per heavy atom. The van der Waals surface area contributed by atoms with Gasteiger partial charge in [-0.3, -0.25) is 14.6 Å². The van der Waals surface area contributed by atoms with Crippen LogP contribution in [0.15, 0.2) is 41.8 Å². The molecule has 1 aliphatic heterocycles. The fourth-order valence-electron chi connectivity index (χ4n) is 3.36. The number of H-pyrrole nitrogens is 1. The van der Waals surface area contributed by atoms with E-state index < -0.39 is 23.6 Å². The van der Waals surface area contributed by atoms with Crippen molar-refractivity contribution >= 4 is 17.7 Å². The third-order valence-electron chi connectivity index (χ3n) is 4.93. The van der Waals surface area contributed by atoms with Crippen molar-refractivity contribution in [3.05, 3.63) is 58.5 Å². The predicted octanol–water partition coefficient (Wildman–Crippen LogP) is -0.172. The van der Waals surface area contributed by atoms with Crippen LogP contribution in [0.25, 0.3) is 5.95 Å². The van der Waals surface area contributed by atoms with Crippen LogP contribution in [0.4, 0.5) is 5.95 Å². The molecule has 1 fully saturated rings. The van der Waals surface area contributed by atoms with Gasteiger partial charge in [-0.25, -0.2) is 24.4 Å². The van der Waals surface area contributed by atoms with E-state index in [1.165, 1.54) is 23.3 Å². The number of carbonyl (C=O) groups excluding carboxylic acids is 1. The average Bonchev–Trinajstić information content (AvgIpc) is 3.28. The minimum atomic E-state index is -1.12. The van der Waals surface area contributed by atoms with Crippen LogP contribution >= 0.6 is 0 Å². The molecule has 154 valence electrons. The summed E-state index contributed by atoms with van der Waals surface area (Å²) >= 11 is 0. The number of aromatic nitrogens is 6. The third kappa shape index (κ3) is 3.67. The third-order valence-corrected chi connectivity index (χ3v) is 4.93. The lowest BCUT2D eigenvalue weighted by molar-refractivity contribution is 0.0695. The lowest BCUT2D eigenvalue weighted by Crippen LogP contribution is -2.50. The highest BCUT2D eigenvalue weighted by Gasteiger charge is 2.33. The largest absolute Gasteiger partial charge is 0.478 e. The summed E-state index contributed by atoms with van der Waals surface area (Å²) in [7, 11) is 0. The summed E-state index contributed by atoms with van der Waals surface area (Å²) in [6.07, 6.45) is 7.03. The van der Waals surface area contributed by atoms with E-state index in [2.05, 4.69) is 25.0 Å². The number of anilines is 1. The number of Topliss-reactive ketones (excluding diaryl/α,β-unsaturated/α-hetero) is 1. The standard InChI is InChI=1S/C18H18N8O4/c19-13-6-10(2-5-25(13)17-20-7-11(8-21-17)16(29)30)14(27)12-9-22-18(24-15(12)28)26-4-1-3-23-26/h1,3-4,7-10,13H,2,5-6,19H2,(H,29,30)(H,22,24,28). The Hall–Kier alpha value is -3.93. The molecule has 0 saturated carbocycles. The quantitative estimate of drug-likeness (QED) is 0.479. The van der Waals surface area contributed by atoms with Crippen molar-refractivity contribution in [3.63, 3.8) is 0 Å². The molecule has 0 radical (unpaired) electrons. The zero-order chi connectivity index (χ0) is 21.3. The molecule has 0 amide bonds. The van der Waals surface area contributed by atoms with Crippen molar-refractivity contribution in [1.82, 2.24) is 29.7 Å². The summed E-state index contributed by atoms with van der Waals surface area (Å²) in [5.74, 6) is -1.38. The number of rotatable bonds is 5. The van der Waals surface area contributed by atoms with Crippen molar-refractivity contribution in [1.29, 1.82) is 0 Å². The predicted molar refractivity (Wildman–Crippen MR) is 103 cm³/mol. The van der Waals surface area contributed by atoms with Gasteiger partial charge in [-0.15, -0.1) is 0 Å². The summed E-state index contributed by atoms with van der Waals surface area (Å²) in [5.41, 5.74) is 5.61. The zero-order valence-electron chi connectivity index (χ0n) is 15.7. The maximum Gasteiger partial charge on any atom is 0.338 e. The van der Waals surface area contributed by atoms with Gasteiger partial charge in [0.1, 0.15) is 5.56 Å². The molecule has 3 aromatic heterocycles. The Kier molecular flexibility index (Phi) is 5.06. The van der Waals surface area contributed by atoms with Crippen LogP contribution in [-0.2, 0) is 0 Å². The Bertz CT molecular complexity index is 1130. The first-order valence-electron chi connectivity index (χ1n) is 9.15. The van der Waals surface area contributed by atoms with E-state index in [4.69, 9.17) is 10.8 Å². The molecule has 30 heavy (non-hydrogen) atoms. The first-order chi connectivity index (χ1) is 14.4. The zero-order valence-corrected chi connectivity index (χ0v) is 15.7. The molecule has 1 saturated heterocycles. The highest BCUT2D eigenvalue weighted by Crippen LogP contribution is 2.25. The maximum atomic E-state index is 12.9. The number of nitrogens with one attached hydrogen (secondary N) is 1. The van der Waals surface area contributed by atoms with Gasteiger partial charge < -0.3 is 15.7 Å². The Morgan fingerprint density at radius 1 is 1.20 bits per heavy atom. The molecular formula is C18H18N8O4. The normalized spacial score (nSPS) is 18.9. The summed E-state index contributed by atoms with van der Waals surface area (Å²) < 4.78 is 1.39. The van der Waals surface area contributed by atoms with E-state index in [9.17, 15) is 14.4 Å². The minimum Gasteiger partial charge on any atom is -0.478 e. The number of hydrogen-bond acceptors (Lipinski definition) is 9. The van der Waals surface area contributed by atoms with Crippen LogP contribution in [0.2, 0.25) is 0 Å². The van der Waals surface area contributed by atoms with E-state index in [-0.39, 0.29) is 22.9 Å². The van der Waals surface area contributed by atoms with Crippen LogP contribution in [0.3, 0.4) is 0 Å². The molecule has 0 aromatic carbocycles. The van der Waals surface area contributed by atoms with Gasteiger partial charge in [-0.1, -0.05) is 0 Å². The minimum absolute atomic E-state index is 0.0253. The Balaban J connectivity index is 1.47. The number of aromatic carboxylic acids is 1. The molecule has 2 atom stereocenters. The second-order valence-electron chi connectivity index (χ2n) is 6.82. The number of piperidine rings is 1. The van der Waals surface area contributed by atoms with Gasteiger partial charge in [0.05, 0.1) is 11.7 Å². The number of carbonyl (C=O) groups is 2. The second-order valence-corrected chi connectivity index (χ2v) is 6.82. The van der Waals surface area contributed by atoms with Crippen LogP contribution in [0.1, 0.15) is 33.6 Å². The molecule has 0 bridgehead atoms. The van der Waals surface area contributed by atoms with E-state index in [0.29, 0.717) is 25.3 Å². The summed E-state index contributed by atoms with van der Waals surface area (Å²) in [6.45, 7) is 0.390. The SMILES string of the molecule is NC1CC(C(=O)c2cnc(-n3cccn3)[nH]c2=O)CCN1c1ncc(C(=O)O)cn1. The molecule has 2 unspecified atom stereocenters. The molecule has 12 nitrogen and oxygen atoms in total. The molecule has 4 rings (SSSR count). The van der Waals surface area contributed by atoms with Crippen LogP contribution in [-0.4, -0.2) is 59.3 Å². The van der Waals surface area contributed by atoms with E-state index in [1.54, 1.807) is 23.4 Å². The number of hydrogen-bond donors (Lipinski definition) is 3. The number of ketones is 1. The fraction of sp³-hybridized carbons (Fsp3) is 0.278. The first kappa shape index (κ1) is 19.4. The van der Waals surface area contributed by atoms with Crippen LogP contribution < -0.4 is 16.2 Å². The molecule has 4 heterocycles. The molecule has 12 heteroatoms. The van der Waals surface area contributed by atoms with Gasteiger partial charge in [0, 0.05) is 43.4 Å².